The van der Waals surface area contributed by atoms with Crippen molar-refractivity contribution in [1.29, 1.82) is 0 Å². The molecule has 0 aliphatic carbocycles. The molecule has 0 aliphatic heterocycles. The fraction of sp³-hybridized carbons (Fsp3) is 0.400. The standard InChI is InChI=1S/C10H11BrN4O2/c1-5-9(11)6(2)15(10(16)12-5)4-8-13-7(3)17-14-8/h4H2,1-3H3. The van der Waals surface area contributed by atoms with Crippen molar-refractivity contribution in [2.45, 2.75) is 27.3 Å². The number of rotatable bonds is 2. The highest BCUT2D eigenvalue weighted by Gasteiger charge is 2.11. The van der Waals surface area contributed by atoms with E-state index in [-0.39, 0.29) is 12.2 Å². The molecule has 0 N–H and O–H groups in total. The van der Waals surface area contributed by atoms with Crippen LogP contribution in [0.3, 0.4) is 0 Å². The molecule has 0 atom stereocenters. The summed E-state index contributed by atoms with van der Waals surface area (Å²) in [5, 5.41) is 3.76. The second kappa shape index (κ2) is 4.40. The molecule has 0 radical (unpaired) electrons. The third-order valence-corrected chi connectivity index (χ3v) is 3.55. The Morgan fingerprint density at radius 3 is 2.59 bits per heavy atom. The van der Waals surface area contributed by atoms with Crippen molar-refractivity contribution in [1.82, 2.24) is 19.7 Å². The van der Waals surface area contributed by atoms with Crippen LogP contribution < -0.4 is 5.69 Å². The molecular weight excluding hydrogens is 288 g/mol. The van der Waals surface area contributed by atoms with Crippen LogP contribution in [0, 0.1) is 20.8 Å². The van der Waals surface area contributed by atoms with Gasteiger partial charge in [-0.2, -0.15) is 9.97 Å². The Balaban J connectivity index is 2.46. The number of hydrogen-bond donors (Lipinski definition) is 0. The van der Waals surface area contributed by atoms with Crippen LogP contribution in [-0.4, -0.2) is 19.7 Å². The van der Waals surface area contributed by atoms with Crippen LogP contribution in [0.4, 0.5) is 0 Å². The first-order valence-corrected chi connectivity index (χ1v) is 5.81. The molecule has 2 aromatic heterocycles. The molecule has 2 rings (SSSR count). The van der Waals surface area contributed by atoms with Gasteiger partial charge in [0.15, 0.2) is 5.82 Å². The Kier molecular flexibility index (Phi) is 3.10. The molecule has 2 heterocycles. The molecule has 6 nitrogen and oxygen atoms in total. The van der Waals surface area contributed by atoms with E-state index in [4.69, 9.17) is 4.52 Å². The Morgan fingerprint density at radius 2 is 2.00 bits per heavy atom. The van der Waals surface area contributed by atoms with Gasteiger partial charge in [0.05, 0.1) is 16.7 Å². The van der Waals surface area contributed by atoms with Crippen LogP contribution in [0.15, 0.2) is 13.8 Å². The van der Waals surface area contributed by atoms with Gasteiger partial charge in [0, 0.05) is 12.6 Å². The molecular formula is C10H11BrN4O2. The van der Waals surface area contributed by atoms with Gasteiger partial charge in [-0.25, -0.2) is 4.79 Å². The fourth-order valence-electron chi connectivity index (χ4n) is 1.51. The Bertz CT molecular complexity index is 617. The average Bonchev–Trinajstić information content (AvgIpc) is 2.67. The molecule has 0 spiro atoms. The van der Waals surface area contributed by atoms with E-state index in [1.807, 2.05) is 6.92 Å². The second-order valence-corrected chi connectivity index (χ2v) is 4.49. The maximum atomic E-state index is 11.8. The normalized spacial score (nSPS) is 10.8. The molecule has 0 fully saturated rings. The summed E-state index contributed by atoms with van der Waals surface area (Å²) in [4.78, 5) is 19.7. The summed E-state index contributed by atoms with van der Waals surface area (Å²) >= 11 is 3.40. The Morgan fingerprint density at radius 1 is 1.29 bits per heavy atom. The first kappa shape index (κ1) is 12.0. The zero-order valence-electron chi connectivity index (χ0n) is 9.69. The lowest BCUT2D eigenvalue weighted by Crippen LogP contribution is -2.27. The zero-order chi connectivity index (χ0) is 12.6. The Hall–Kier alpha value is -1.50. The third kappa shape index (κ3) is 2.28. The molecule has 0 aliphatic rings. The Labute approximate surface area is 106 Å². The lowest BCUT2D eigenvalue weighted by atomic mass is 10.3. The largest absolute Gasteiger partial charge is 0.348 e. The van der Waals surface area contributed by atoms with Crippen LogP contribution >= 0.6 is 15.9 Å². The maximum absolute atomic E-state index is 11.8. The van der Waals surface area contributed by atoms with Gasteiger partial charge >= 0.3 is 5.69 Å². The number of halogens is 1. The van der Waals surface area contributed by atoms with Gasteiger partial charge in [-0.3, -0.25) is 4.57 Å². The van der Waals surface area contributed by atoms with Gasteiger partial charge in [0.25, 0.3) is 0 Å². The lowest BCUT2D eigenvalue weighted by molar-refractivity contribution is 0.385. The van der Waals surface area contributed by atoms with Gasteiger partial charge in [-0.05, 0) is 29.8 Å². The number of aryl methyl sites for hydroxylation is 2. The van der Waals surface area contributed by atoms with Crippen molar-refractivity contribution in [2.75, 3.05) is 0 Å². The molecule has 0 aromatic carbocycles. The van der Waals surface area contributed by atoms with Gasteiger partial charge in [-0.1, -0.05) is 5.16 Å². The summed E-state index contributed by atoms with van der Waals surface area (Å²) < 4.78 is 7.18. The minimum absolute atomic E-state index is 0.258. The van der Waals surface area contributed by atoms with E-state index in [1.54, 1.807) is 13.8 Å². The molecule has 17 heavy (non-hydrogen) atoms. The van der Waals surface area contributed by atoms with Crippen LogP contribution in [-0.2, 0) is 6.54 Å². The highest BCUT2D eigenvalue weighted by Crippen LogP contribution is 2.17. The van der Waals surface area contributed by atoms with Crippen molar-refractivity contribution >= 4 is 15.9 Å². The summed E-state index contributed by atoms with van der Waals surface area (Å²) in [5.74, 6) is 0.940. The molecule has 2 aromatic rings. The van der Waals surface area contributed by atoms with Crippen molar-refractivity contribution in [3.05, 3.63) is 38.1 Å². The van der Waals surface area contributed by atoms with E-state index in [9.17, 15) is 4.79 Å². The van der Waals surface area contributed by atoms with E-state index >= 15 is 0 Å². The first-order valence-electron chi connectivity index (χ1n) is 5.01. The highest BCUT2D eigenvalue weighted by molar-refractivity contribution is 9.10. The second-order valence-electron chi connectivity index (χ2n) is 3.69. The molecule has 0 amide bonds. The average molecular weight is 299 g/mol. The third-order valence-electron chi connectivity index (χ3n) is 2.40. The predicted octanol–water partition coefficient (Wildman–Crippen LogP) is 1.36. The minimum atomic E-state index is -0.314. The monoisotopic (exact) mass is 298 g/mol. The van der Waals surface area contributed by atoms with E-state index in [0.717, 1.165) is 10.2 Å². The summed E-state index contributed by atoms with van der Waals surface area (Å²) in [6.07, 6.45) is 0. The van der Waals surface area contributed by atoms with Crippen molar-refractivity contribution in [3.8, 4) is 0 Å². The van der Waals surface area contributed by atoms with Crippen molar-refractivity contribution < 1.29 is 4.52 Å². The maximum Gasteiger partial charge on any atom is 0.348 e. The fourth-order valence-corrected chi connectivity index (χ4v) is 1.81. The molecule has 0 bridgehead atoms. The molecule has 90 valence electrons. The van der Waals surface area contributed by atoms with Crippen LogP contribution in [0.1, 0.15) is 23.1 Å². The number of hydrogen-bond acceptors (Lipinski definition) is 5. The summed E-state index contributed by atoms with van der Waals surface area (Å²) in [7, 11) is 0. The summed E-state index contributed by atoms with van der Waals surface area (Å²) in [5.41, 5.74) is 1.16. The topological polar surface area (TPSA) is 73.8 Å². The van der Waals surface area contributed by atoms with E-state index in [1.165, 1.54) is 4.57 Å². The molecule has 0 saturated carbocycles. The first-order chi connectivity index (χ1) is 7.99. The molecule has 0 unspecified atom stereocenters. The predicted molar refractivity (Wildman–Crippen MR) is 63.8 cm³/mol. The summed E-state index contributed by atoms with van der Waals surface area (Å²) in [6.45, 7) is 5.58. The van der Waals surface area contributed by atoms with Gasteiger partial charge in [0.1, 0.15) is 0 Å². The van der Waals surface area contributed by atoms with Crippen molar-refractivity contribution in [2.24, 2.45) is 0 Å². The van der Waals surface area contributed by atoms with E-state index in [2.05, 4.69) is 31.1 Å². The SMILES string of the molecule is Cc1nc(Cn2c(C)c(Br)c(C)nc2=O)no1. The van der Waals surface area contributed by atoms with Gasteiger partial charge in [-0.15, -0.1) is 0 Å². The molecule has 0 saturated heterocycles. The number of aromatic nitrogens is 4. The van der Waals surface area contributed by atoms with Crippen LogP contribution in [0.25, 0.3) is 0 Å². The van der Waals surface area contributed by atoms with Crippen LogP contribution in [0.2, 0.25) is 0 Å². The number of nitrogens with zero attached hydrogens (tertiary/aromatic N) is 4. The summed E-state index contributed by atoms with van der Waals surface area (Å²) in [6, 6.07) is 0. The molecule has 7 heteroatoms. The quantitative estimate of drug-likeness (QED) is 0.837. The minimum Gasteiger partial charge on any atom is -0.340 e. The lowest BCUT2D eigenvalue weighted by Gasteiger charge is -2.09. The van der Waals surface area contributed by atoms with Gasteiger partial charge in [0.2, 0.25) is 5.89 Å². The highest BCUT2D eigenvalue weighted by atomic mass is 79.9. The zero-order valence-corrected chi connectivity index (χ0v) is 11.3. The van der Waals surface area contributed by atoms with E-state index < -0.39 is 0 Å². The van der Waals surface area contributed by atoms with Gasteiger partial charge < -0.3 is 4.52 Å². The smallest absolute Gasteiger partial charge is 0.340 e. The van der Waals surface area contributed by atoms with E-state index in [0.29, 0.717) is 17.4 Å². The van der Waals surface area contributed by atoms with Crippen molar-refractivity contribution in [3.63, 3.8) is 0 Å². The van der Waals surface area contributed by atoms with Crippen LogP contribution in [0.5, 0.6) is 0 Å².